The van der Waals surface area contributed by atoms with Gasteiger partial charge < -0.3 is 5.32 Å². The zero-order valence-corrected chi connectivity index (χ0v) is 14.2. The minimum atomic E-state index is -0.544. The summed E-state index contributed by atoms with van der Waals surface area (Å²) < 4.78 is 18.4. The Bertz CT molecular complexity index is 947. The summed E-state index contributed by atoms with van der Waals surface area (Å²) in [7, 11) is 0. The van der Waals surface area contributed by atoms with Crippen LogP contribution in [0.15, 0.2) is 42.7 Å². The van der Waals surface area contributed by atoms with Gasteiger partial charge in [-0.2, -0.15) is 5.10 Å². The molecule has 1 aromatic carbocycles. The third-order valence-electron chi connectivity index (χ3n) is 3.29. The molecule has 24 heavy (non-hydrogen) atoms. The van der Waals surface area contributed by atoms with Crippen molar-refractivity contribution in [3.05, 3.63) is 64.2 Å². The molecule has 0 saturated heterocycles. The molecule has 6 nitrogen and oxygen atoms in total. The number of amides is 1. The standard InChI is InChI=1S/C15H13ClFN5OS/c1-10-19-21(15(24)22(10)20-6-2-3-7-20)9-14(23)18-11-4-5-13(17)12(16)8-11/h2-8H,9H2,1H3,(H,18,23). The van der Waals surface area contributed by atoms with E-state index in [0.717, 1.165) is 0 Å². The fourth-order valence-corrected chi connectivity index (χ4v) is 2.76. The van der Waals surface area contributed by atoms with Crippen molar-refractivity contribution in [2.24, 2.45) is 0 Å². The third-order valence-corrected chi connectivity index (χ3v) is 3.96. The first-order valence-electron chi connectivity index (χ1n) is 7.00. The van der Waals surface area contributed by atoms with Gasteiger partial charge in [0.1, 0.15) is 18.2 Å². The van der Waals surface area contributed by atoms with Gasteiger partial charge in [-0.25, -0.2) is 13.7 Å². The molecule has 2 aromatic heterocycles. The number of anilines is 1. The molecule has 1 N–H and O–H groups in total. The first kappa shape index (κ1) is 16.4. The molecule has 0 unspecified atom stereocenters. The van der Waals surface area contributed by atoms with Gasteiger partial charge >= 0.3 is 0 Å². The molecule has 0 spiro atoms. The molecule has 0 bridgehead atoms. The highest BCUT2D eigenvalue weighted by Crippen LogP contribution is 2.19. The highest BCUT2D eigenvalue weighted by atomic mass is 35.5. The molecule has 124 valence electrons. The largest absolute Gasteiger partial charge is 0.324 e. The predicted octanol–water partition coefficient (Wildman–Crippen LogP) is 3.27. The smallest absolute Gasteiger partial charge is 0.246 e. The molecule has 3 rings (SSSR count). The van der Waals surface area contributed by atoms with Crippen molar-refractivity contribution >= 4 is 35.4 Å². The number of nitrogens with one attached hydrogen (secondary N) is 1. The minimum absolute atomic E-state index is 0.0582. The van der Waals surface area contributed by atoms with E-state index in [9.17, 15) is 9.18 Å². The quantitative estimate of drug-likeness (QED) is 0.722. The topological polar surface area (TPSA) is 56.8 Å². The van der Waals surface area contributed by atoms with Crippen molar-refractivity contribution in [1.82, 2.24) is 19.1 Å². The molecule has 1 amide bonds. The Morgan fingerprint density at radius 1 is 1.38 bits per heavy atom. The number of nitrogens with zero attached hydrogens (tertiary/aromatic N) is 4. The van der Waals surface area contributed by atoms with Crippen molar-refractivity contribution in [3.63, 3.8) is 0 Å². The Labute approximate surface area is 147 Å². The summed E-state index contributed by atoms with van der Waals surface area (Å²) in [6.07, 6.45) is 3.66. The van der Waals surface area contributed by atoms with Crippen LogP contribution in [0.3, 0.4) is 0 Å². The van der Waals surface area contributed by atoms with Gasteiger partial charge in [0.2, 0.25) is 10.7 Å². The molecular formula is C15H13ClFN5OS. The van der Waals surface area contributed by atoms with Crippen LogP contribution in [0, 0.1) is 17.5 Å². The zero-order chi connectivity index (χ0) is 17.3. The van der Waals surface area contributed by atoms with Crippen LogP contribution in [0.4, 0.5) is 10.1 Å². The molecular weight excluding hydrogens is 353 g/mol. The van der Waals surface area contributed by atoms with Crippen molar-refractivity contribution < 1.29 is 9.18 Å². The number of carbonyl (C=O) groups is 1. The highest BCUT2D eigenvalue weighted by molar-refractivity contribution is 7.71. The van der Waals surface area contributed by atoms with Gasteiger partial charge in [-0.15, -0.1) is 0 Å². The van der Waals surface area contributed by atoms with E-state index in [4.69, 9.17) is 23.8 Å². The van der Waals surface area contributed by atoms with Crippen LogP contribution in [-0.4, -0.2) is 25.0 Å². The van der Waals surface area contributed by atoms with Gasteiger partial charge in [-0.3, -0.25) is 9.47 Å². The van der Waals surface area contributed by atoms with Crippen molar-refractivity contribution in [2.45, 2.75) is 13.5 Å². The summed E-state index contributed by atoms with van der Waals surface area (Å²) in [4.78, 5) is 12.2. The van der Waals surface area contributed by atoms with Crippen LogP contribution in [-0.2, 0) is 11.3 Å². The average molecular weight is 366 g/mol. The molecule has 0 atom stereocenters. The lowest BCUT2D eigenvalue weighted by molar-refractivity contribution is -0.116. The Morgan fingerprint density at radius 2 is 2.08 bits per heavy atom. The number of benzene rings is 1. The van der Waals surface area contributed by atoms with Crippen LogP contribution >= 0.6 is 23.8 Å². The molecule has 3 aromatic rings. The number of hydrogen-bond donors (Lipinski definition) is 1. The summed E-state index contributed by atoms with van der Waals surface area (Å²) in [5.41, 5.74) is 0.402. The number of aromatic nitrogens is 4. The molecule has 0 radical (unpaired) electrons. The summed E-state index contributed by atoms with van der Waals surface area (Å²) in [6, 6.07) is 7.70. The molecule has 9 heteroatoms. The van der Waals surface area contributed by atoms with Gasteiger partial charge in [-0.1, -0.05) is 11.6 Å². The lowest BCUT2D eigenvalue weighted by Gasteiger charge is -2.06. The third kappa shape index (κ3) is 3.24. The molecule has 0 aliphatic rings. The zero-order valence-electron chi connectivity index (χ0n) is 12.6. The maximum absolute atomic E-state index is 13.1. The van der Waals surface area contributed by atoms with Gasteiger partial charge in [0, 0.05) is 18.1 Å². The van der Waals surface area contributed by atoms with Gasteiger partial charge in [0.15, 0.2) is 0 Å². The van der Waals surface area contributed by atoms with E-state index in [-0.39, 0.29) is 17.5 Å². The first-order valence-corrected chi connectivity index (χ1v) is 7.79. The van der Waals surface area contributed by atoms with E-state index in [1.165, 1.54) is 22.9 Å². The summed E-state index contributed by atoms with van der Waals surface area (Å²) in [5.74, 6) is -0.238. The van der Waals surface area contributed by atoms with Crippen molar-refractivity contribution in [3.8, 4) is 0 Å². The Balaban J connectivity index is 1.79. The second-order valence-corrected chi connectivity index (χ2v) is 5.81. The SMILES string of the molecule is Cc1nn(CC(=O)Nc2ccc(F)c(Cl)c2)c(=S)n1-n1cccc1. The first-order chi connectivity index (χ1) is 11.5. The van der Waals surface area contributed by atoms with Crippen molar-refractivity contribution in [2.75, 3.05) is 5.32 Å². The number of rotatable bonds is 4. The summed E-state index contributed by atoms with van der Waals surface area (Å²) in [6.45, 7) is 1.73. The number of carbonyl (C=O) groups excluding carboxylic acids is 1. The maximum atomic E-state index is 13.1. The molecule has 0 saturated carbocycles. The van der Waals surface area contributed by atoms with E-state index in [1.54, 1.807) is 16.3 Å². The molecule has 0 fully saturated rings. The van der Waals surface area contributed by atoms with E-state index in [2.05, 4.69) is 10.4 Å². The number of hydrogen-bond acceptors (Lipinski definition) is 3. The predicted molar refractivity (Wildman–Crippen MR) is 91.1 cm³/mol. The van der Waals surface area contributed by atoms with Gasteiger partial charge in [0.25, 0.3) is 0 Å². The fourth-order valence-electron chi connectivity index (χ4n) is 2.25. The summed E-state index contributed by atoms with van der Waals surface area (Å²) in [5, 5.41) is 6.86. The van der Waals surface area contributed by atoms with Gasteiger partial charge in [0.05, 0.1) is 5.02 Å². The molecule has 0 aliphatic heterocycles. The highest BCUT2D eigenvalue weighted by Gasteiger charge is 2.12. The number of halogens is 2. The van der Waals surface area contributed by atoms with E-state index >= 15 is 0 Å². The van der Waals surface area contributed by atoms with Crippen LogP contribution < -0.4 is 5.32 Å². The lowest BCUT2D eigenvalue weighted by Crippen LogP contribution is -2.20. The molecule has 2 heterocycles. The summed E-state index contributed by atoms with van der Waals surface area (Å²) >= 11 is 11.1. The number of aryl methyl sites for hydroxylation is 1. The van der Waals surface area contributed by atoms with Crippen molar-refractivity contribution in [1.29, 1.82) is 0 Å². The van der Waals surface area contributed by atoms with Crippen LogP contribution in [0.25, 0.3) is 0 Å². The van der Waals surface area contributed by atoms with E-state index in [1.807, 2.05) is 24.5 Å². The van der Waals surface area contributed by atoms with Gasteiger partial charge in [-0.05, 0) is 49.5 Å². The van der Waals surface area contributed by atoms with E-state index < -0.39 is 5.82 Å². The normalized spacial score (nSPS) is 10.8. The van der Waals surface area contributed by atoms with E-state index in [0.29, 0.717) is 16.3 Å². The Hall–Kier alpha value is -2.45. The molecule has 0 aliphatic carbocycles. The minimum Gasteiger partial charge on any atom is -0.324 e. The Kier molecular flexibility index (Phi) is 4.50. The monoisotopic (exact) mass is 365 g/mol. The fraction of sp³-hybridized carbons (Fsp3) is 0.133. The Morgan fingerprint density at radius 3 is 2.75 bits per heavy atom. The van der Waals surface area contributed by atoms with Crippen LogP contribution in [0.5, 0.6) is 0 Å². The van der Waals surface area contributed by atoms with Crippen LogP contribution in [0.1, 0.15) is 5.82 Å². The lowest BCUT2D eigenvalue weighted by atomic mass is 10.3. The van der Waals surface area contributed by atoms with Crippen LogP contribution in [0.2, 0.25) is 5.02 Å². The second kappa shape index (κ2) is 6.58. The maximum Gasteiger partial charge on any atom is 0.246 e. The second-order valence-electron chi connectivity index (χ2n) is 5.04. The average Bonchev–Trinajstić information content (AvgIpc) is 3.12.